The Morgan fingerprint density at radius 3 is 3.11 bits per heavy atom. The van der Waals surface area contributed by atoms with Gasteiger partial charge in [-0.25, -0.2) is 4.98 Å². The Morgan fingerprint density at radius 2 is 2.37 bits per heavy atom. The molecule has 5 nitrogen and oxygen atoms in total. The van der Waals surface area contributed by atoms with Crippen molar-refractivity contribution in [2.75, 3.05) is 13.1 Å². The number of aliphatic hydroxyl groups excluding tert-OH is 1. The van der Waals surface area contributed by atoms with Crippen molar-refractivity contribution in [1.82, 2.24) is 14.3 Å². The Labute approximate surface area is 111 Å². The molecule has 0 aliphatic carbocycles. The van der Waals surface area contributed by atoms with E-state index in [9.17, 15) is 9.90 Å². The number of β-amino-alcohol motifs (C(OH)–C–C–N with tert-alkyl or cyclic N) is 1. The molecule has 0 unspecified atom stereocenters. The lowest BCUT2D eigenvalue weighted by atomic mass is 10.3. The first-order valence-corrected chi connectivity index (χ1v) is 6.52. The van der Waals surface area contributed by atoms with Gasteiger partial charge < -0.3 is 5.11 Å². The molecule has 0 spiro atoms. The lowest BCUT2D eigenvalue weighted by Gasteiger charge is -2.14. The van der Waals surface area contributed by atoms with Crippen LogP contribution in [-0.4, -0.2) is 38.6 Å². The number of hydrogen-bond acceptors (Lipinski definition) is 4. The van der Waals surface area contributed by atoms with Gasteiger partial charge in [-0.1, -0.05) is 6.07 Å². The predicted molar refractivity (Wildman–Crippen MR) is 72.1 cm³/mol. The molecule has 1 N–H and O–H groups in total. The molecule has 3 rings (SSSR count). The maximum absolute atomic E-state index is 12.0. The van der Waals surface area contributed by atoms with Crippen LogP contribution in [0.2, 0.25) is 0 Å². The number of pyridine rings is 1. The van der Waals surface area contributed by atoms with Crippen LogP contribution in [0.15, 0.2) is 29.2 Å². The molecule has 100 valence electrons. The predicted octanol–water partition coefficient (Wildman–Crippen LogP) is 0.570. The molecule has 1 atom stereocenters. The summed E-state index contributed by atoms with van der Waals surface area (Å²) in [5.41, 5.74) is 2.42. The highest BCUT2D eigenvalue weighted by molar-refractivity contribution is 5.46. The molecule has 0 aromatic carbocycles. The van der Waals surface area contributed by atoms with Gasteiger partial charge >= 0.3 is 0 Å². The van der Waals surface area contributed by atoms with Crippen LogP contribution in [-0.2, 0) is 6.54 Å². The third kappa shape index (κ3) is 2.39. The van der Waals surface area contributed by atoms with Gasteiger partial charge in [0.25, 0.3) is 5.56 Å². The van der Waals surface area contributed by atoms with Gasteiger partial charge in [-0.3, -0.25) is 14.1 Å². The maximum Gasteiger partial charge on any atom is 0.258 e. The molecule has 2 aromatic rings. The molecule has 0 saturated carbocycles. The van der Waals surface area contributed by atoms with E-state index in [1.165, 1.54) is 0 Å². The maximum atomic E-state index is 12.0. The van der Waals surface area contributed by atoms with Gasteiger partial charge in [-0.05, 0) is 25.0 Å². The molecule has 0 amide bonds. The number of aromatic nitrogens is 2. The summed E-state index contributed by atoms with van der Waals surface area (Å²) in [6.45, 7) is 4.09. The summed E-state index contributed by atoms with van der Waals surface area (Å²) in [5, 5.41) is 9.52. The van der Waals surface area contributed by atoms with Gasteiger partial charge in [0.15, 0.2) is 0 Å². The average Bonchev–Trinajstić information content (AvgIpc) is 2.76. The van der Waals surface area contributed by atoms with Crippen LogP contribution in [0.5, 0.6) is 0 Å². The van der Waals surface area contributed by atoms with E-state index in [4.69, 9.17) is 0 Å². The summed E-state index contributed by atoms with van der Waals surface area (Å²) < 4.78 is 1.57. The number of likely N-dealkylation sites (tertiary alicyclic amines) is 1. The Bertz CT molecular complexity index is 665. The van der Waals surface area contributed by atoms with E-state index in [1.54, 1.807) is 16.7 Å². The highest BCUT2D eigenvalue weighted by atomic mass is 16.3. The summed E-state index contributed by atoms with van der Waals surface area (Å²) in [4.78, 5) is 18.7. The molecule has 1 fully saturated rings. The summed E-state index contributed by atoms with van der Waals surface area (Å²) in [7, 11) is 0. The highest BCUT2D eigenvalue weighted by Crippen LogP contribution is 2.12. The topological polar surface area (TPSA) is 57.8 Å². The van der Waals surface area contributed by atoms with Gasteiger partial charge in [0, 0.05) is 31.9 Å². The van der Waals surface area contributed by atoms with Crippen LogP contribution >= 0.6 is 0 Å². The molecular formula is C14H17N3O2. The van der Waals surface area contributed by atoms with E-state index in [1.807, 2.05) is 19.1 Å². The fourth-order valence-electron chi connectivity index (χ4n) is 2.57. The van der Waals surface area contributed by atoms with Gasteiger partial charge in [0.05, 0.1) is 11.8 Å². The zero-order valence-electron chi connectivity index (χ0n) is 10.9. The smallest absolute Gasteiger partial charge is 0.258 e. The highest BCUT2D eigenvalue weighted by Gasteiger charge is 2.20. The van der Waals surface area contributed by atoms with E-state index >= 15 is 0 Å². The first kappa shape index (κ1) is 12.3. The van der Waals surface area contributed by atoms with Crippen molar-refractivity contribution >= 4 is 5.65 Å². The Kier molecular flexibility index (Phi) is 3.08. The zero-order valence-corrected chi connectivity index (χ0v) is 10.9. The second kappa shape index (κ2) is 4.75. The minimum absolute atomic E-state index is 0.0524. The molecular weight excluding hydrogens is 242 g/mol. The monoisotopic (exact) mass is 259 g/mol. The number of aliphatic hydroxyl groups is 1. The number of nitrogens with zero attached hydrogens (tertiary/aromatic N) is 3. The molecule has 0 bridgehead atoms. The minimum Gasteiger partial charge on any atom is -0.392 e. The first-order valence-electron chi connectivity index (χ1n) is 6.52. The summed E-state index contributed by atoms with van der Waals surface area (Å²) in [6.07, 6.45) is 2.29. The molecule has 0 radical (unpaired) electrons. The quantitative estimate of drug-likeness (QED) is 0.856. The summed E-state index contributed by atoms with van der Waals surface area (Å²) in [6, 6.07) is 5.38. The number of hydrogen-bond donors (Lipinski definition) is 1. The second-order valence-corrected chi connectivity index (χ2v) is 5.15. The Hall–Kier alpha value is -1.72. The van der Waals surface area contributed by atoms with Crippen molar-refractivity contribution in [3.63, 3.8) is 0 Å². The van der Waals surface area contributed by atoms with Crippen LogP contribution in [0, 0.1) is 6.92 Å². The van der Waals surface area contributed by atoms with Gasteiger partial charge in [0.1, 0.15) is 5.65 Å². The van der Waals surface area contributed by atoms with Crippen LogP contribution in [0.1, 0.15) is 17.7 Å². The van der Waals surface area contributed by atoms with E-state index in [2.05, 4.69) is 9.88 Å². The number of aryl methyl sites for hydroxylation is 1. The van der Waals surface area contributed by atoms with Gasteiger partial charge in [-0.15, -0.1) is 0 Å². The van der Waals surface area contributed by atoms with Crippen molar-refractivity contribution in [2.45, 2.75) is 26.0 Å². The van der Waals surface area contributed by atoms with Crippen LogP contribution in [0.25, 0.3) is 5.65 Å². The standard InChI is InChI=1S/C14H17N3O2/c1-10-3-2-5-17-13(19)7-11(15-14(10)17)8-16-6-4-12(18)9-16/h2-3,5,7,12,18H,4,6,8-9H2,1H3/t12-/m0/s1. The van der Waals surface area contributed by atoms with E-state index in [-0.39, 0.29) is 11.7 Å². The SMILES string of the molecule is Cc1cccn2c(=O)cc(CN3CC[C@H](O)C3)nc12. The van der Waals surface area contributed by atoms with Crippen molar-refractivity contribution < 1.29 is 5.11 Å². The van der Waals surface area contributed by atoms with E-state index in [0.717, 1.165) is 24.2 Å². The van der Waals surface area contributed by atoms with E-state index in [0.29, 0.717) is 18.7 Å². The molecule has 3 heterocycles. The molecule has 1 aliphatic rings. The molecule has 1 saturated heterocycles. The largest absolute Gasteiger partial charge is 0.392 e. The van der Waals surface area contributed by atoms with E-state index < -0.39 is 0 Å². The van der Waals surface area contributed by atoms with Crippen LogP contribution in [0.4, 0.5) is 0 Å². The van der Waals surface area contributed by atoms with Crippen LogP contribution < -0.4 is 5.56 Å². The van der Waals surface area contributed by atoms with Crippen molar-refractivity contribution in [3.05, 3.63) is 46.0 Å². The average molecular weight is 259 g/mol. The van der Waals surface area contributed by atoms with Crippen molar-refractivity contribution in [1.29, 1.82) is 0 Å². The third-order valence-electron chi connectivity index (χ3n) is 3.57. The Morgan fingerprint density at radius 1 is 1.53 bits per heavy atom. The molecule has 19 heavy (non-hydrogen) atoms. The minimum atomic E-state index is -0.247. The summed E-state index contributed by atoms with van der Waals surface area (Å²) >= 11 is 0. The van der Waals surface area contributed by atoms with Crippen LogP contribution in [0.3, 0.4) is 0 Å². The molecule has 2 aromatic heterocycles. The normalized spacial score (nSPS) is 20.2. The first-order chi connectivity index (χ1) is 9.13. The third-order valence-corrected chi connectivity index (χ3v) is 3.57. The number of fused-ring (bicyclic) bond motifs is 1. The summed E-state index contributed by atoms with van der Waals surface area (Å²) in [5.74, 6) is 0. The molecule has 5 heteroatoms. The lowest BCUT2D eigenvalue weighted by Crippen LogP contribution is -2.24. The fourth-order valence-corrected chi connectivity index (χ4v) is 2.57. The molecule has 1 aliphatic heterocycles. The number of rotatable bonds is 2. The lowest BCUT2D eigenvalue weighted by molar-refractivity contribution is 0.174. The second-order valence-electron chi connectivity index (χ2n) is 5.15. The van der Waals surface area contributed by atoms with Crippen molar-refractivity contribution in [3.8, 4) is 0 Å². The zero-order chi connectivity index (χ0) is 13.4. The fraction of sp³-hybridized carbons (Fsp3) is 0.429. The Balaban J connectivity index is 1.97. The van der Waals surface area contributed by atoms with Gasteiger partial charge in [0.2, 0.25) is 0 Å². The van der Waals surface area contributed by atoms with Crippen molar-refractivity contribution in [2.24, 2.45) is 0 Å². The van der Waals surface area contributed by atoms with Gasteiger partial charge in [-0.2, -0.15) is 0 Å².